The molecule has 0 N–H and O–H groups in total. The van der Waals surface area contributed by atoms with Crippen molar-refractivity contribution in [3.8, 4) is 6.07 Å². The van der Waals surface area contributed by atoms with Gasteiger partial charge in [-0.15, -0.1) is 0 Å². The standard InChI is InChI=1S/C25H36N4O/c1-2-28-23-12-8-9-13-24(23)29(25(28)30)22-15-17-27(19-21(22)14-16-26)18-20-10-6-4-3-5-7-11-20/h8-9,12-13,20-22H,2-7,10-11,14-15,17-19H2,1H3. The molecule has 2 aromatic rings. The van der Waals surface area contributed by atoms with Gasteiger partial charge in [-0.3, -0.25) is 9.13 Å². The van der Waals surface area contributed by atoms with E-state index in [-0.39, 0.29) is 17.6 Å². The molecule has 30 heavy (non-hydrogen) atoms. The highest BCUT2D eigenvalue weighted by atomic mass is 16.1. The summed E-state index contributed by atoms with van der Waals surface area (Å²) in [5.74, 6) is 1.01. The third-order valence-electron chi connectivity index (χ3n) is 7.39. The summed E-state index contributed by atoms with van der Waals surface area (Å²) in [6.45, 7) is 5.84. The molecule has 2 aliphatic rings. The maximum absolute atomic E-state index is 13.3. The SMILES string of the molecule is CCn1c(=O)n(C2CCN(CC3CCCCCCC3)CC2CC#N)c2ccccc21. The number of rotatable bonds is 5. The molecule has 1 aromatic heterocycles. The first kappa shape index (κ1) is 21.2. The number of nitriles is 1. The molecule has 2 unspecified atom stereocenters. The number of aromatic nitrogens is 2. The second-order valence-electron chi connectivity index (χ2n) is 9.33. The number of likely N-dealkylation sites (tertiary alicyclic amines) is 1. The van der Waals surface area contributed by atoms with Crippen LogP contribution in [0.4, 0.5) is 0 Å². The Morgan fingerprint density at radius 2 is 1.73 bits per heavy atom. The van der Waals surface area contributed by atoms with Crippen molar-refractivity contribution in [3.05, 3.63) is 34.7 Å². The number of para-hydroxylation sites is 2. The van der Waals surface area contributed by atoms with Crippen molar-refractivity contribution in [2.45, 2.75) is 77.3 Å². The zero-order valence-electron chi connectivity index (χ0n) is 18.4. The van der Waals surface area contributed by atoms with Gasteiger partial charge >= 0.3 is 5.69 Å². The molecule has 5 heteroatoms. The van der Waals surface area contributed by atoms with Crippen molar-refractivity contribution in [3.63, 3.8) is 0 Å². The fourth-order valence-electron chi connectivity index (χ4n) is 5.87. The number of fused-ring (bicyclic) bond motifs is 1. The van der Waals surface area contributed by atoms with Gasteiger partial charge in [0.1, 0.15) is 0 Å². The number of aryl methyl sites for hydroxylation is 1. The van der Waals surface area contributed by atoms with Gasteiger partial charge in [-0.1, -0.05) is 44.2 Å². The van der Waals surface area contributed by atoms with Gasteiger partial charge in [-0.2, -0.15) is 5.26 Å². The maximum Gasteiger partial charge on any atom is 0.329 e. The third kappa shape index (κ3) is 4.34. The van der Waals surface area contributed by atoms with Crippen LogP contribution < -0.4 is 5.69 Å². The van der Waals surface area contributed by atoms with Crippen molar-refractivity contribution < 1.29 is 0 Å². The summed E-state index contributed by atoms with van der Waals surface area (Å²) in [6, 6.07) is 10.7. The summed E-state index contributed by atoms with van der Waals surface area (Å²) in [4.78, 5) is 15.9. The molecule has 5 nitrogen and oxygen atoms in total. The van der Waals surface area contributed by atoms with Gasteiger partial charge in [0.15, 0.2) is 0 Å². The van der Waals surface area contributed by atoms with Crippen molar-refractivity contribution in [1.82, 2.24) is 14.0 Å². The van der Waals surface area contributed by atoms with Crippen LogP contribution >= 0.6 is 0 Å². The van der Waals surface area contributed by atoms with Crippen molar-refractivity contribution >= 4 is 11.0 Å². The summed E-state index contributed by atoms with van der Waals surface area (Å²) in [5.41, 5.74) is 2.11. The number of piperidine rings is 1. The Labute approximate surface area is 180 Å². The largest absolute Gasteiger partial charge is 0.329 e. The molecule has 2 fully saturated rings. The van der Waals surface area contributed by atoms with E-state index in [1.54, 1.807) is 0 Å². The Hall–Kier alpha value is -2.06. The monoisotopic (exact) mass is 408 g/mol. The Bertz CT molecular complexity index is 929. The quantitative estimate of drug-likeness (QED) is 0.703. The minimum absolute atomic E-state index is 0.0834. The first-order chi connectivity index (χ1) is 14.7. The lowest BCUT2D eigenvalue weighted by Crippen LogP contribution is -2.45. The van der Waals surface area contributed by atoms with Crippen LogP contribution in [0.2, 0.25) is 0 Å². The molecule has 1 saturated carbocycles. The molecule has 4 rings (SSSR count). The lowest BCUT2D eigenvalue weighted by atomic mass is 9.86. The highest BCUT2D eigenvalue weighted by Gasteiger charge is 2.33. The topological polar surface area (TPSA) is 54.0 Å². The fraction of sp³-hybridized carbons (Fsp3) is 0.680. The van der Waals surface area contributed by atoms with E-state index in [4.69, 9.17) is 0 Å². The first-order valence-electron chi connectivity index (χ1n) is 12.0. The van der Waals surface area contributed by atoms with Crippen LogP contribution in [-0.4, -0.2) is 33.7 Å². The lowest BCUT2D eigenvalue weighted by Gasteiger charge is -2.40. The van der Waals surface area contributed by atoms with Crippen LogP contribution in [0.15, 0.2) is 29.1 Å². The Balaban J connectivity index is 1.55. The molecule has 1 aliphatic heterocycles. The average molecular weight is 409 g/mol. The molecular weight excluding hydrogens is 372 g/mol. The number of hydrogen-bond acceptors (Lipinski definition) is 3. The Kier molecular flexibility index (Phi) is 6.94. The summed E-state index contributed by atoms with van der Waals surface area (Å²) in [7, 11) is 0. The molecule has 1 saturated heterocycles. The molecule has 2 atom stereocenters. The van der Waals surface area contributed by atoms with Crippen LogP contribution in [0.1, 0.15) is 70.8 Å². The summed E-state index contributed by atoms with van der Waals surface area (Å²) in [5, 5.41) is 9.53. The van der Waals surface area contributed by atoms with Crippen LogP contribution in [-0.2, 0) is 6.54 Å². The second-order valence-corrected chi connectivity index (χ2v) is 9.33. The van der Waals surface area contributed by atoms with Gasteiger partial charge in [-0.25, -0.2) is 4.79 Å². The smallest absolute Gasteiger partial charge is 0.303 e. The van der Waals surface area contributed by atoms with E-state index in [0.29, 0.717) is 13.0 Å². The number of nitrogens with zero attached hydrogens (tertiary/aromatic N) is 4. The molecule has 2 heterocycles. The van der Waals surface area contributed by atoms with Gasteiger partial charge < -0.3 is 4.90 Å². The van der Waals surface area contributed by atoms with E-state index in [0.717, 1.165) is 36.5 Å². The van der Waals surface area contributed by atoms with Crippen molar-refractivity contribution in [2.24, 2.45) is 11.8 Å². The van der Waals surface area contributed by atoms with Crippen LogP contribution in [0.5, 0.6) is 0 Å². The zero-order valence-corrected chi connectivity index (χ0v) is 18.4. The van der Waals surface area contributed by atoms with E-state index in [1.807, 2.05) is 34.3 Å². The Morgan fingerprint density at radius 1 is 1.03 bits per heavy atom. The van der Waals surface area contributed by atoms with Crippen LogP contribution in [0.25, 0.3) is 11.0 Å². The van der Waals surface area contributed by atoms with Gasteiger partial charge in [0, 0.05) is 44.6 Å². The third-order valence-corrected chi connectivity index (χ3v) is 7.39. The van der Waals surface area contributed by atoms with Crippen molar-refractivity contribution in [2.75, 3.05) is 19.6 Å². The van der Waals surface area contributed by atoms with Crippen LogP contribution in [0.3, 0.4) is 0 Å². The first-order valence-corrected chi connectivity index (χ1v) is 12.0. The number of benzene rings is 1. The van der Waals surface area contributed by atoms with Gasteiger partial charge in [0.2, 0.25) is 0 Å². The predicted octanol–water partition coefficient (Wildman–Crippen LogP) is 4.96. The molecule has 0 spiro atoms. The summed E-state index contributed by atoms with van der Waals surface area (Å²) in [6.07, 6.45) is 11.1. The molecular formula is C25H36N4O. The molecule has 162 valence electrons. The van der Waals surface area contributed by atoms with E-state index in [2.05, 4.69) is 17.0 Å². The Morgan fingerprint density at radius 3 is 2.43 bits per heavy atom. The maximum atomic E-state index is 13.3. The van der Waals surface area contributed by atoms with Gasteiger partial charge in [0.25, 0.3) is 0 Å². The summed E-state index contributed by atoms with van der Waals surface area (Å²) >= 11 is 0. The van der Waals surface area contributed by atoms with E-state index in [9.17, 15) is 10.1 Å². The normalized spacial score (nSPS) is 24.4. The molecule has 1 aromatic carbocycles. The second kappa shape index (κ2) is 9.83. The number of imidazole rings is 1. The average Bonchev–Trinajstić information content (AvgIpc) is 3.01. The van der Waals surface area contributed by atoms with Crippen LogP contribution in [0, 0.1) is 23.2 Å². The summed E-state index contributed by atoms with van der Waals surface area (Å²) < 4.78 is 3.88. The lowest BCUT2D eigenvalue weighted by molar-refractivity contribution is 0.103. The van der Waals surface area contributed by atoms with Gasteiger partial charge in [-0.05, 0) is 44.2 Å². The minimum Gasteiger partial charge on any atom is -0.303 e. The molecule has 0 radical (unpaired) electrons. The highest BCUT2D eigenvalue weighted by molar-refractivity contribution is 5.76. The predicted molar refractivity (Wildman–Crippen MR) is 121 cm³/mol. The zero-order chi connectivity index (χ0) is 20.9. The minimum atomic E-state index is 0.0834. The van der Waals surface area contributed by atoms with Crippen molar-refractivity contribution in [1.29, 1.82) is 5.26 Å². The van der Waals surface area contributed by atoms with E-state index >= 15 is 0 Å². The fourth-order valence-corrected chi connectivity index (χ4v) is 5.87. The molecule has 0 bridgehead atoms. The van der Waals surface area contributed by atoms with E-state index < -0.39 is 0 Å². The van der Waals surface area contributed by atoms with E-state index in [1.165, 1.54) is 51.5 Å². The van der Waals surface area contributed by atoms with Gasteiger partial charge in [0.05, 0.1) is 17.1 Å². The molecule has 1 aliphatic carbocycles. The highest BCUT2D eigenvalue weighted by Crippen LogP contribution is 2.33. The number of hydrogen-bond donors (Lipinski definition) is 0. The molecule has 0 amide bonds.